The Hall–Kier alpha value is -1.60. The van der Waals surface area contributed by atoms with Crippen LogP contribution in [0.5, 0.6) is 0 Å². The highest BCUT2D eigenvalue weighted by atomic mass is 19.2. The molecular formula is C17H23F3N2O2. The highest BCUT2D eigenvalue weighted by molar-refractivity contribution is 5.94. The molecule has 0 aliphatic carbocycles. The van der Waals surface area contributed by atoms with Crippen LogP contribution in [-0.4, -0.2) is 65.8 Å². The second-order valence-electron chi connectivity index (χ2n) is 6.83. The topological polar surface area (TPSA) is 43.8 Å². The molecule has 1 aliphatic heterocycles. The number of aliphatic hydroxyl groups excluding tert-OH is 1. The monoisotopic (exact) mass is 344 g/mol. The van der Waals surface area contributed by atoms with E-state index in [0.29, 0.717) is 6.54 Å². The molecule has 7 heteroatoms. The van der Waals surface area contributed by atoms with Gasteiger partial charge in [0.25, 0.3) is 5.91 Å². The number of carbonyl (C=O) groups excluding carboxylic acids is 1. The average Bonchev–Trinajstić information content (AvgIpc) is 2.51. The van der Waals surface area contributed by atoms with Gasteiger partial charge in [-0.2, -0.15) is 0 Å². The molecule has 0 bridgehead atoms. The molecule has 1 fully saturated rings. The predicted octanol–water partition coefficient (Wildman–Crippen LogP) is 2.08. The Morgan fingerprint density at radius 2 is 1.96 bits per heavy atom. The first kappa shape index (κ1) is 18.7. The fraction of sp³-hybridized carbons (Fsp3) is 0.588. The molecule has 2 rings (SSSR count). The number of alkyl halides is 1. The van der Waals surface area contributed by atoms with Gasteiger partial charge in [-0.15, -0.1) is 0 Å². The zero-order chi connectivity index (χ0) is 18.1. The molecule has 1 atom stereocenters. The lowest BCUT2D eigenvalue weighted by molar-refractivity contribution is -0.0756. The minimum atomic E-state index is -1.57. The third-order valence-electron chi connectivity index (χ3n) is 4.50. The summed E-state index contributed by atoms with van der Waals surface area (Å²) in [6, 6.07) is 2.84. The highest BCUT2D eigenvalue weighted by Crippen LogP contribution is 2.26. The Bertz CT molecular complexity index is 603. The molecule has 1 aliphatic rings. The Morgan fingerprint density at radius 1 is 1.33 bits per heavy atom. The van der Waals surface area contributed by atoms with Crippen molar-refractivity contribution < 1.29 is 23.1 Å². The summed E-state index contributed by atoms with van der Waals surface area (Å²) in [7, 11) is 1.60. The zero-order valence-electron chi connectivity index (χ0n) is 14.1. The number of likely N-dealkylation sites (N-methyl/N-ethyl adjacent to an activating group) is 1. The summed E-state index contributed by atoms with van der Waals surface area (Å²) in [6.45, 7) is 4.07. The first-order chi connectivity index (χ1) is 11.2. The van der Waals surface area contributed by atoms with E-state index in [2.05, 4.69) is 0 Å². The molecule has 0 aromatic heterocycles. The molecule has 1 aromatic rings. The van der Waals surface area contributed by atoms with Crippen molar-refractivity contribution in [1.82, 2.24) is 9.80 Å². The third-order valence-corrected chi connectivity index (χ3v) is 4.50. The van der Waals surface area contributed by atoms with Crippen molar-refractivity contribution in [1.29, 1.82) is 0 Å². The molecule has 0 saturated carbocycles. The summed E-state index contributed by atoms with van der Waals surface area (Å²) in [5, 5.41) is 8.97. The summed E-state index contributed by atoms with van der Waals surface area (Å²) >= 11 is 0. The van der Waals surface area contributed by atoms with Gasteiger partial charge in [-0.05, 0) is 24.1 Å². The number of hydrogen-bond acceptors (Lipinski definition) is 3. The van der Waals surface area contributed by atoms with E-state index in [0.717, 1.165) is 12.1 Å². The molecule has 0 spiro atoms. The van der Waals surface area contributed by atoms with Crippen LogP contribution in [0.1, 0.15) is 24.2 Å². The van der Waals surface area contributed by atoms with Gasteiger partial charge in [0.1, 0.15) is 0 Å². The molecule has 1 saturated heterocycles. The summed E-state index contributed by atoms with van der Waals surface area (Å²) in [4.78, 5) is 15.8. The highest BCUT2D eigenvalue weighted by Gasteiger charge is 2.44. The number of carbonyl (C=O) groups is 1. The number of aliphatic hydroxyl groups is 1. The van der Waals surface area contributed by atoms with E-state index in [1.807, 2.05) is 18.7 Å². The largest absolute Gasteiger partial charge is 0.393 e. The van der Waals surface area contributed by atoms with Crippen LogP contribution in [0.15, 0.2) is 18.2 Å². The summed E-state index contributed by atoms with van der Waals surface area (Å²) in [6.07, 6.45) is 0. The second kappa shape index (κ2) is 7.11. The van der Waals surface area contributed by atoms with Gasteiger partial charge in [-0.1, -0.05) is 13.8 Å². The summed E-state index contributed by atoms with van der Waals surface area (Å²) in [5.41, 5.74) is -1.50. The van der Waals surface area contributed by atoms with Crippen LogP contribution in [-0.2, 0) is 0 Å². The maximum atomic E-state index is 13.8. The fourth-order valence-corrected chi connectivity index (χ4v) is 3.01. The van der Waals surface area contributed by atoms with Gasteiger partial charge in [-0.25, -0.2) is 13.2 Å². The van der Waals surface area contributed by atoms with Crippen LogP contribution in [0.4, 0.5) is 13.2 Å². The van der Waals surface area contributed by atoms with Crippen molar-refractivity contribution >= 4 is 5.91 Å². The number of rotatable bonds is 6. The summed E-state index contributed by atoms with van der Waals surface area (Å²) < 4.78 is 40.2. The molecule has 1 heterocycles. The smallest absolute Gasteiger partial charge is 0.254 e. The number of benzene rings is 1. The van der Waals surface area contributed by atoms with Crippen LogP contribution in [0.25, 0.3) is 0 Å². The molecule has 4 nitrogen and oxygen atoms in total. The number of nitrogens with zero attached hydrogens (tertiary/aromatic N) is 2. The van der Waals surface area contributed by atoms with Gasteiger partial charge >= 0.3 is 0 Å². The van der Waals surface area contributed by atoms with Crippen LogP contribution in [0.3, 0.4) is 0 Å². The van der Waals surface area contributed by atoms with E-state index in [1.54, 1.807) is 7.05 Å². The van der Waals surface area contributed by atoms with E-state index >= 15 is 0 Å². The number of amides is 1. The third kappa shape index (κ3) is 3.89. The molecule has 1 N–H and O–H groups in total. The van der Waals surface area contributed by atoms with Crippen molar-refractivity contribution in [2.75, 3.05) is 33.3 Å². The lowest BCUT2D eigenvalue weighted by atomic mass is 9.94. The Morgan fingerprint density at radius 3 is 2.46 bits per heavy atom. The van der Waals surface area contributed by atoms with Gasteiger partial charge in [0.2, 0.25) is 0 Å². The fourth-order valence-electron chi connectivity index (χ4n) is 3.01. The van der Waals surface area contributed by atoms with Gasteiger partial charge in [0.15, 0.2) is 17.3 Å². The number of halogens is 3. The molecule has 1 amide bonds. The molecule has 0 unspecified atom stereocenters. The van der Waals surface area contributed by atoms with Crippen LogP contribution in [0.2, 0.25) is 0 Å². The van der Waals surface area contributed by atoms with Gasteiger partial charge < -0.3 is 10.0 Å². The minimum Gasteiger partial charge on any atom is -0.393 e. The average molecular weight is 344 g/mol. The van der Waals surface area contributed by atoms with E-state index in [4.69, 9.17) is 5.11 Å². The Labute approximate surface area is 139 Å². The quantitative estimate of drug-likeness (QED) is 0.859. The van der Waals surface area contributed by atoms with Crippen molar-refractivity contribution in [2.45, 2.75) is 25.6 Å². The molecule has 0 radical (unpaired) electrons. The molecule has 24 heavy (non-hydrogen) atoms. The molecular weight excluding hydrogens is 321 g/mol. The van der Waals surface area contributed by atoms with Gasteiger partial charge in [0.05, 0.1) is 6.61 Å². The van der Waals surface area contributed by atoms with E-state index in [9.17, 15) is 18.0 Å². The first-order valence-corrected chi connectivity index (χ1v) is 7.91. The summed E-state index contributed by atoms with van der Waals surface area (Å²) in [5.74, 6) is -2.39. The second-order valence-corrected chi connectivity index (χ2v) is 6.83. The van der Waals surface area contributed by atoms with Crippen LogP contribution >= 0.6 is 0 Å². The zero-order valence-corrected chi connectivity index (χ0v) is 14.1. The normalized spacial score (nSPS) is 18.3. The van der Waals surface area contributed by atoms with E-state index in [-0.39, 0.29) is 30.6 Å². The molecule has 1 aromatic carbocycles. The lowest BCUT2D eigenvalue weighted by Crippen LogP contribution is -2.64. The number of hydrogen-bond donors (Lipinski definition) is 1. The Kier molecular flexibility index (Phi) is 5.55. The van der Waals surface area contributed by atoms with Crippen LogP contribution in [0, 0.1) is 17.6 Å². The lowest BCUT2D eigenvalue weighted by Gasteiger charge is -2.46. The van der Waals surface area contributed by atoms with Gasteiger partial charge in [0, 0.05) is 38.3 Å². The maximum absolute atomic E-state index is 13.8. The van der Waals surface area contributed by atoms with Crippen molar-refractivity contribution in [3.63, 3.8) is 0 Å². The van der Waals surface area contributed by atoms with Crippen molar-refractivity contribution in [2.24, 2.45) is 5.92 Å². The Balaban J connectivity index is 2.07. The van der Waals surface area contributed by atoms with Gasteiger partial charge in [-0.3, -0.25) is 9.69 Å². The minimum absolute atomic E-state index is 0.0702. The number of likely N-dealkylation sites (tertiary alicyclic amines) is 1. The predicted molar refractivity (Wildman–Crippen MR) is 84.4 cm³/mol. The molecule has 134 valence electrons. The van der Waals surface area contributed by atoms with E-state index < -0.39 is 29.8 Å². The standard InChI is InChI=1S/C17H23F3N2O2/c1-11(2)15(7-22-8-17(20,9-22)10-23)21(3)16(24)12-4-5-13(18)14(19)6-12/h4-6,11,15,23H,7-10H2,1-3H3/t15-/m1/s1. The SMILES string of the molecule is CC(C)[C@@H](CN1CC(F)(CO)C1)N(C)C(=O)c1ccc(F)c(F)c1. The van der Waals surface area contributed by atoms with E-state index in [1.165, 1.54) is 11.0 Å². The van der Waals surface area contributed by atoms with Crippen molar-refractivity contribution in [3.8, 4) is 0 Å². The maximum Gasteiger partial charge on any atom is 0.254 e. The van der Waals surface area contributed by atoms with Crippen molar-refractivity contribution in [3.05, 3.63) is 35.4 Å². The van der Waals surface area contributed by atoms with Crippen LogP contribution < -0.4 is 0 Å². The first-order valence-electron chi connectivity index (χ1n) is 7.91.